The lowest BCUT2D eigenvalue weighted by atomic mass is 10.1. The minimum absolute atomic E-state index is 0.0487. The van der Waals surface area contributed by atoms with Gasteiger partial charge >= 0.3 is 0 Å². The highest BCUT2D eigenvalue weighted by molar-refractivity contribution is 5.92. The average Bonchev–Trinajstić information content (AvgIpc) is 3.03. The second-order valence-corrected chi connectivity index (χ2v) is 5.91. The van der Waals surface area contributed by atoms with Gasteiger partial charge in [-0.05, 0) is 31.0 Å². The maximum Gasteiger partial charge on any atom is 0.269 e. The third kappa shape index (κ3) is 4.79. The van der Waals surface area contributed by atoms with E-state index in [1.807, 2.05) is 26.8 Å². The number of amides is 1. The Bertz CT molecular complexity index is 737. The van der Waals surface area contributed by atoms with Crippen molar-refractivity contribution >= 4 is 17.3 Å². The van der Waals surface area contributed by atoms with Gasteiger partial charge in [-0.3, -0.25) is 19.6 Å². The third-order valence-electron chi connectivity index (χ3n) is 3.74. The van der Waals surface area contributed by atoms with Gasteiger partial charge in [-0.15, -0.1) is 0 Å². The molecule has 0 atom stereocenters. The molecule has 2 aromatic rings. The minimum atomic E-state index is -0.438. The van der Waals surface area contributed by atoms with Crippen molar-refractivity contribution in [3.05, 3.63) is 51.8 Å². The molecule has 0 aliphatic carbocycles. The van der Waals surface area contributed by atoms with Gasteiger partial charge in [-0.2, -0.15) is 5.10 Å². The van der Waals surface area contributed by atoms with Gasteiger partial charge in [0.1, 0.15) is 5.69 Å². The first-order chi connectivity index (χ1) is 11.9. The van der Waals surface area contributed by atoms with Crippen LogP contribution in [0.5, 0.6) is 0 Å². The van der Waals surface area contributed by atoms with Crippen LogP contribution in [0.2, 0.25) is 0 Å². The molecule has 1 aromatic carbocycles. The highest BCUT2D eigenvalue weighted by atomic mass is 16.6. The number of anilines is 1. The van der Waals surface area contributed by atoms with Crippen LogP contribution in [-0.2, 0) is 6.54 Å². The fourth-order valence-electron chi connectivity index (χ4n) is 2.32. The number of hydrogen-bond acceptors (Lipinski definition) is 5. The second kappa shape index (κ2) is 8.27. The SMILES string of the molecule is CCn1nc(C(C)C)cc1C(=O)NCCNc1ccc([N+](=O)[O-])cc1. The van der Waals surface area contributed by atoms with Crippen LogP contribution in [0.4, 0.5) is 11.4 Å². The fraction of sp³-hybridized carbons (Fsp3) is 0.412. The standard InChI is InChI=1S/C17H23N5O3/c1-4-21-16(11-15(20-21)12(2)3)17(23)19-10-9-18-13-5-7-14(8-6-13)22(24)25/h5-8,11-12,18H,4,9-10H2,1-3H3,(H,19,23). The summed E-state index contributed by atoms with van der Waals surface area (Å²) in [4.78, 5) is 22.5. The van der Waals surface area contributed by atoms with Crippen molar-refractivity contribution < 1.29 is 9.72 Å². The number of non-ortho nitro benzene ring substituents is 1. The largest absolute Gasteiger partial charge is 0.383 e. The van der Waals surface area contributed by atoms with Gasteiger partial charge in [0, 0.05) is 37.5 Å². The van der Waals surface area contributed by atoms with Crippen LogP contribution in [0.3, 0.4) is 0 Å². The molecule has 0 aliphatic heterocycles. The lowest BCUT2D eigenvalue weighted by molar-refractivity contribution is -0.384. The summed E-state index contributed by atoms with van der Waals surface area (Å²) in [6, 6.07) is 7.98. The Hall–Kier alpha value is -2.90. The summed E-state index contributed by atoms with van der Waals surface area (Å²) in [6.45, 7) is 7.61. The first kappa shape index (κ1) is 18.4. The summed E-state index contributed by atoms with van der Waals surface area (Å²) in [5, 5.41) is 21.0. The number of aromatic nitrogens is 2. The number of benzene rings is 1. The van der Waals surface area contributed by atoms with E-state index in [0.29, 0.717) is 25.3 Å². The highest BCUT2D eigenvalue weighted by Crippen LogP contribution is 2.15. The maximum atomic E-state index is 12.3. The molecule has 25 heavy (non-hydrogen) atoms. The number of nitrogens with one attached hydrogen (secondary N) is 2. The zero-order chi connectivity index (χ0) is 18.4. The molecule has 0 radical (unpaired) electrons. The zero-order valence-electron chi connectivity index (χ0n) is 14.7. The molecule has 8 nitrogen and oxygen atoms in total. The molecule has 1 aromatic heterocycles. The van der Waals surface area contributed by atoms with Gasteiger partial charge < -0.3 is 10.6 Å². The number of rotatable bonds is 8. The monoisotopic (exact) mass is 345 g/mol. The number of aryl methyl sites for hydroxylation is 1. The first-order valence-corrected chi connectivity index (χ1v) is 8.26. The Kier molecular flexibility index (Phi) is 6.10. The predicted molar refractivity (Wildman–Crippen MR) is 95.9 cm³/mol. The molecule has 2 rings (SSSR count). The molecular weight excluding hydrogens is 322 g/mol. The topological polar surface area (TPSA) is 102 Å². The van der Waals surface area contributed by atoms with Crippen molar-refractivity contribution in [2.24, 2.45) is 0 Å². The molecule has 0 unspecified atom stereocenters. The van der Waals surface area contributed by atoms with Crippen molar-refractivity contribution in [2.75, 3.05) is 18.4 Å². The molecular formula is C17H23N5O3. The molecule has 0 bridgehead atoms. The summed E-state index contributed by atoms with van der Waals surface area (Å²) in [7, 11) is 0. The summed E-state index contributed by atoms with van der Waals surface area (Å²) in [5.74, 6) is 0.106. The van der Waals surface area contributed by atoms with E-state index in [-0.39, 0.29) is 17.5 Å². The van der Waals surface area contributed by atoms with Crippen molar-refractivity contribution in [3.63, 3.8) is 0 Å². The van der Waals surface area contributed by atoms with E-state index in [1.165, 1.54) is 12.1 Å². The van der Waals surface area contributed by atoms with Gasteiger partial charge in [0.2, 0.25) is 0 Å². The average molecular weight is 345 g/mol. The van der Waals surface area contributed by atoms with Crippen LogP contribution in [0.1, 0.15) is 42.9 Å². The number of hydrogen-bond donors (Lipinski definition) is 2. The van der Waals surface area contributed by atoms with Crippen LogP contribution in [-0.4, -0.2) is 33.7 Å². The van der Waals surface area contributed by atoms with E-state index in [2.05, 4.69) is 15.7 Å². The summed E-state index contributed by atoms with van der Waals surface area (Å²) < 4.78 is 1.70. The van der Waals surface area contributed by atoms with Gasteiger partial charge in [0.15, 0.2) is 0 Å². The smallest absolute Gasteiger partial charge is 0.269 e. The van der Waals surface area contributed by atoms with Crippen molar-refractivity contribution in [1.82, 2.24) is 15.1 Å². The Morgan fingerprint density at radius 2 is 1.96 bits per heavy atom. The van der Waals surface area contributed by atoms with Crippen LogP contribution >= 0.6 is 0 Å². The molecule has 0 fully saturated rings. The normalized spacial score (nSPS) is 10.7. The quantitative estimate of drug-likeness (QED) is 0.435. The highest BCUT2D eigenvalue weighted by Gasteiger charge is 2.15. The van der Waals surface area contributed by atoms with E-state index in [0.717, 1.165) is 11.4 Å². The molecule has 0 spiro atoms. The molecule has 1 heterocycles. The van der Waals surface area contributed by atoms with Gasteiger partial charge in [-0.25, -0.2) is 0 Å². The van der Waals surface area contributed by atoms with E-state index in [1.54, 1.807) is 16.8 Å². The van der Waals surface area contributed by atoms with Gasteiger partial charge in [0.05, 0.1) is 10.6 Å². The van der Waals surface area contributed by atoms with Gasteiger partial charge in [0.25, 0.3) is 11.6 Å². The van der Waals surface area contributed by atoms with E-state index < -0.39 is 4.92 Å². The Labute approximate surface area is 146 Å². The molecule has 0 aliphatic rings. The van der Waals surface area contributed by atoms with Crippen molar-refractivity contribution in [3.8, 4) is 0 Å². The van der Waals surface area contributed by atoms with E-state index >= 15 is 0 Å². The van der Waals surface area contributed by atoms with E-state index in [4.69, 9.17) is 0 Å². The van der Waals surface area contributed by atoms with Crippen LogP contribution in [0.25, 0.3) is 0 Å². The Balaban J connectivity index is 1.85. The maximum absolute atomic E-state index is 12.3. The molecule has 8 heteroatoms. The Morgan fingerprint density at radius 1 is 1.28 bits per heavy atom. The van der Waals surface area contributed by atoms with Crippen LogP contribution in [0.15, 0.2) is 30.3 Å². The summed E-state index contributed by atoms with van der Waals surface area (Å²) in [6.07, 6.45) is 0. The van der Waals surface area contributed by atoms with Crippen molar-refractivity contribution in [1.29, 1.82) is 0 Å². The minimum Gasteiger partial charge on any atom is -0.383 e. The fourth-order valence-corrected chi connectivity index (χ4v) is 2.32. The number of nitrogens with zero attached hydrogens (tertiary/aromatic N) is 3. The van der Waals surface area contributed by atoms with Gasteiger partial charge in [-0.1, -0.05) is 13.8 Å². The number of carbonyl (C=O) groups is 1. The Morgan fingerprint density at radius 3 is 2.52 bits per heavy atom. The molecule has 134 valence electrons. The first-order valence-electron chi connectivity index (χ1n) is 8.26. The lowest BCUT2D eigenvalue weighted by Gasteiger charge is -2.08. The zero-order valence-corrected chi connectivity index (χ0v) is 14.7. The second-order valence-electron chi connectivity index (χ2n) is 5.91. The lowest BCUT2D eigenvalue weighted by Crippen LogP contribution is -2.30. The van der Waals surface area contributed by atoms with Crippen LogP contribution in [0, 0.1) is 10.1 Å². The molecule has 0 saturated heterocycles. The number of carbonyl (C=O) groups excluding carboxylic acids is 1. The number of nitro groups is 1. The summed E-state index contributed by atoms with van der Waals surface area (Å²) in [5.41, 5.74) is 2.27. The predicted octanol–water partition coefficient (Wildman–Crippen LogP) is 2.78. The van der Waals surface area contributed by atoms with Crippen LogP contribution < -0.4 is 10.6 Å². The van der Waals surface area contributed by atoms with Crippen molar-refractivity contribution in [2.45, 2.75) is 33.2 Å². The molecule has 1 amide bonds. The molecule has 0 saturated carbocycles. The summed E-state index contributed by atoms with van der Waals surface area (Å²) >= 11 is 0. The number of nitro benzene ring substituents is 1. The molecule has 2 N–H and O–H groups in total. The third-order valence-corrected chi connectivity index (χ3v) is 3.74. The van der Waals surface area contributed by atoms with E-state index in [9.17, 15) is 14.9 Å².